The van der Waals surface area contributed by atoms with Gasteiger partial charge in [0.2, 0.25) is 0 Å². The third-order valence-corrected chi connectivity index (χ3v) is 6.35. The van der Waals surface area contributed by atoms with Crippen molar-refractivity contribution in [2.75, 3.05) is 0 Å². The summed E-state index contributed by atoms with van der Waals surface area (Å²) in [7, 11) is 0. The molecule has 116 valence electrons. The van der Waals surface area contributed by atoms with Gasteiger partial charge < -0.3 is 0 Å². The first-order valence-corrected chi connectivity index (χ1v) is 8.73. The highest BCUT2D eigenvalue weighted by Crippen LogP contribution is 2.34. The zero-order valence-electron chi connectivity index (χ0n) is 11.7. The van der Waals surface area contributed by atoms with E-state index in [-0.39, 0.29) is 11.1 Å². The largest absolute Gasteiger partial charge is 0.268 e. The van der Waals surface area contributed by atoms with Crippen LogP contribution in [0.1, 0.15) is 13.8 Å². The molecule has 8 heteroatoms. The summed E-state index contributed by atoms with van der Waals surface area (Å²) < 4.78 is 4.10. The predicted octanol–water partition coefficient (Wildman–Crippen LogP) is 3.70. The molecule has 0 aromatic carbocycles. The number of nitrogens with zero attached hydrogens (tertiary/aromatic N) is 2. The molecule has 22 heavy (non-hydrogen) atoms. The van der Waals surface area contributed by atoms with Crippen LogP contribution in [0.25, 0.3) is 0 Å². The molecule has 0 saturated carbocycles. The molecule has 0 atom stereocenters. The zero-order chi connectivity index (χ0) is 16.1. The number of rotatable bonds is 2. The van der Waals surface area contributed by atoms with Crippen molar-refractivity contribution in [2.24, 2.45) is 0 Å². The lowest BCUT2D eigenvalue weighted by Crippen LogP contribution is -2.39. The Morgan fingerprint density at radius 2 is 1.14 bits per heavy atom. The van der Waals surface area contributed by atoms with E-state index in [4.69, 9.17) is 23.2 Å². The third kappa shape index (κ3) is 2.54. The van der Waals surface area contributed by atoms with Gasteiger partial charge in [-0.15, -0.1) is 0 Å². The van der Waals surface area contributed by atoms with Gasteiger partial charge in [0.15, 0.2) is 0 Å². The molecule has 0 aliphatic heterocycles. The second kappa shape index (κ2) is 5.23. The lowest BCUT2D eigenvalue weighted by molar-refractivity contribution is 0.473. The van der Waals surface area contributed by atoms with Crippen LogP contribution in [0.15, 0.2) is 46.0 Å². The molecule has 0 unspecified atom stereocenters. The van der Waals surface area contributed by atoms with Crippen LogP contribution in [0.4, 0.5) is 0 Å². The molecular weight excluding hydrogens is 363 g/mol. The van der Waals surface area contributed by atoms with E-state index in [0.29, 0.717) is 8.67 Å². The van der Waals surface area contributed by atoms with Crippen LogP contribution >= 0.6 is 46.3 Å². The van der Waals surface area contributed by atoms with Crippen LogP contribution in [0.2, 0.25) is 8.67 Å². The van der Waals surface area contributed by atoms with Gasteiger partial charge >= 0.3 is 0 Å². The molecule has 0 saturated heterocycles. The SMILES string of the molecule is CC1(n2sc(Cl)cc2=O)C=CC(C)(n2sc(Cl)cc2=O)C=C1. The number of halogens is 2. The van der Waals surface area contributed by atoms with Gasteiger partial charge in [-0.2, -0.15) is 0 Å². The van der Waals surface area contributed by atoms with Crippen LogP contribution in [0, 0.1) is 0 Å². The van der Waals surface area contributed by atoms with E-state index in [0.717, 1.165) is 0 Å². The van der Waals surface area contributed by atoms with Crippen LogP contribution in [-0.2, 0) is 11.1 Å². The summed E-state index contributed by atoms with van der Waals surface area (Å²) in [6, 6.07) is 2.80. The molecule has 0 fully saturated rings. The molecule has 3 rings (SSSR count). The Labute approximate surface area is 144 Å². The molecule has 4 nitrogen and oxygen atoms in total. The minimum Gasteiger partial charge on any atom is -0.268 e. The number of allylic oxidation sites excluding steroid dienone is 4. The summed E-state index contributed by atoms with van der Waals surface area (Å²) >= 11 is 14.2. The van der Waals surface area contributed by atoms with Crippen molar-refractivity contribution >= 4 is 46.3 Å². The van der Waals surface area contributed by atoms with Crippen LogP contribution < -0.4 is 11.1 Å². The first kappa shape index (κ1) is 15.8. The molecule has 0 radical (unpaired) electrons. The highest BCUT2D eigenvalue weighted by atomic mass is 35.5. The molecule has 0 amide bonds. The highest BCUT2D eigenvalue weighted by molar-refractivity contribution is 7.11. The van der Waals surface area contributed by atoms with Gasteiger partial charge in [-0.05, 0) is 36.9 Å². The Balaban J connectivity index is 2.03. The lowest BCUT2D eigenvalue weighted by atomic mass is 9.88. The number of hydrogen-bond donors (Lipinski definition) is 0. The molecule has 2 aromatic heterocycles. The van der Waals surface area contributed by atoms with Crippen molar-refractivity contribution in [3.8, 4) is 0 Å². The minimum atomic E-state index is -0.598. The van der Waals surface area contributed by atoms with Crippen molar-refractivity contribution in [3.05, 3.63) is 65.8 Å². The Hall–Kier alpha value is -1.08. The van der Waals surface area contributed by atoms with E-state index in [1.165, 1.54) is 35.2 Å². The summed E-state index contributed by atoms with van der Waals surface area (Å²) in [6.45, 7) is 3.83. The minimum absolute atomic E-state index is 0.147. The summed E-state index contributed by atoms with van der Waals surface area (Å²) in [5.41, 5.74) is -1.49. The van der Waals surface area contributed by atoms with Crippen molar-refractivity contribution in [3.63, 3.8) is 0 Å². The fourth-order valence-electron chi connectivity index (χ4n) is 2.36. The van der Waals surface area contributed by atoms with Gasteiger partial charge in [0.1, 0.15) is 8.67 Å². The quantitative estimate of drug-likeness (QED) is 0.752. The van der Waals surface area contributed by atoms with E-state index in [1.54, 1.807) is 7.91 Å². The summed E-state index contributed by atoms with van der Waals surface area (Å²) in [5, 5.41) is 0. The fraction of sp³-hybridized carbons (Fsp3) is 0.286. The number of aromatic nitrogens is 2. The second-order valence-electron chi connectivity index (χ2n) is 5.46. The van der Waals surface area contributed by atoms with Gasteiger partial charge in [-0.1, -0.05) is 47.5 Å². The van der Waals surface area contributed by atoms with Crippen molar-refractivity contribution < 1.29 is 0 Å². The zero-order valence-corrected chi connectivity index (χ0v) is 14.9. The first-order valence-electron chi connectivity index (χ1n) is 6.43. The van der Waals surface area contributed by atoms with E-state index in [1.807, 2.05) is 38.2 Å². The molecule has 0 N–H and O–H groups in total. The van der Waals surface area contributed by atoms with E-state index in [2.05, 4.69) is 0 Å². The highest BCUT2D eigenvalue weighted by Gasteiger charge is 2.33. The predicted molar refractivity (Wildman–Crippen MR) is 92.8 cm³/mol. The summed E-state index contributed by atoms with van der Waals surface area (Å²) in [5.74, 6) is 0. The molecule has 0 spiro atoms. The summed E-state index contributed by atoms with van der Waals surface area (Å²) in [6.07, 6.45) is 7.62. The maximum atomic E-state index is 12.0. The first-order chi connectivity index (χ1) is 10.2. The average molecular weight is 375 g/mol. The maximum Gasteiger partial charge on any atom is 0.263 e. The monoisotopic (exact) mass is 374 g/mol. The smallest absolute Gasteiger partial charge is 0.263 e. The van der Waals surface area contributed by atoms with Crippen LogP contribution in [0.3, 0.4) is 0 Å². The molecule has 2 heterocycles. The average Bonchev–Trinajstić information content (AvgIpc) is 2.96. The van der Waals surface area contributed by atoms with Crippen molar-refractivity contribution in [1.29, 1.82) is 0 Å². The topological polar surface area (TPSA) is 44.0 Å². The van der Waals surface area contributed by atoms with E-state index >= 15 is 0 Å². The number of hydrogen-bond acceptors (Lipinski definition) is 4. The van der Waals surface area contributed by atoms with E-state index in [9.17, 15) is 9.59 Å². The van der Waals surface area contributed by atoms with Crippen LogP contribution in [-0.4, -0.2) is 7.91 Å². The Morgan fingerprint density at radius 3 is 1.36 bits per heavy atom. The van der Waals surface area contributed by atoms with Gasteiger partial charge in [0.05, 0.1) is 11.1 Å². The second-order valence-corrected chi connectivity index (χ2v) is 8.70. The standard InChI is InChI=1S/C14H12Cl2N2O2S2/c1-13(17-11(19)7-9(15)21-17)3-5-14(2,6-4-13)18-12(20)8-10(16)22-18/h3-8H,1-2H3. The van der Waals surface area contributed by atoms with Gasteiger partial charge in [-0.25, -0.2) is 7.91 Å². The van der Waals surface area contributed by atoms with E-state index < -0.39 is 11.1 Å². The Kier molecular flexibility index (Phi) is 3.76. The molecule has 1 aliphatic carbocycles. The van der Waals surface area contributed by atoms with Gasteiger partial charge in [-0.3, -0.25) is 9.59 Å². The third-order valence-electron chi connectivity index (χ3n) is 3.62. The van der Waals surface area contributed by atoms with Crippen molar-refractivity contribution in [2.45, 2.75) is 24.9 Å². The Morgan fingerprint density at radius 1 is 0.818 bits per heavy atom. The van der Waals surface area contributed by atoms with Crippen molar-refractivity contribution in [1.82, 2.24) is 7.91 Å². The molecule has 0 bridgehead atoms. The summed E-state index contributed by atoms with van der Waals surface area (Å²) in [4.78, 5) is 24.0. The molecule has 1 aliphatic rings. The van der Waals surface area contributed by atoms with Gasteiger partial charge in [0, 0.05) is 12.1 Å². The fourth-order valence-corrected chi connectivity index (χ4v) is 4.54. The maximum absolute atomic E-state index is 12.0. The van der Waals surface area contributed by atoms with Crippen LogP contribution in [0.5, 0.6) is 0 Å². The Bertz CT molecular complexity index is 814. The van der Waals surface area contributed by atoms with Gasteiger partial charge in [0.25, 0.3) is 11.1 Å². The molecule has 2 aromatic rings. The lowest BCUT2D eigenvalue weighted by Gasteiger charge is -2.32. The molecular formula is C14H12Cl2N2O2S2. The normalized spacial score (nSPS) is 27.5.